The summed E-state index contributed by atoms with van der Waals surface area (Å²) in [6.07, 6.45) is 0. The van der Waals surface area contributed by atoms with Gasteiger partial charge in [-0.05, 0) is 42.0 Å². The summed E-state index contributed by atoms with van der Waals surface area (Å²) in [6, 6.07) is 38.4. The van der Waals surface area contributed by atoms with E-state index >= 15 is 0 Å². The first-order chi connectivity index (χ1) is 20.7. The van der Waals surface area contributed by atoms with Crippen LogP contribution in [-0.4, -0.2) is 15.0 Å². The summed E-state index contributed by atoms with van der Waals surface area (Å²) >= 11 is 0. The van der Waals surface area contributed by atoms with Gasteiger partial charge in [-0.25, -0.2) is 19.8 Å². The largest absolute Gasteiger partial charge is 0.247 e. The van der Waals surface area contributed by atoms with Crippen molar-refractivity contribution in [1.82, 2.24) is 15.0 Å². The molecule has 2 aromatic heterocycles. The molecule has 0 bridgehead atoms. The van der Waals surface area contributed by atoms with Gasteiger partial charge in [-0.2, -0.15) is 10.5 Å². The average molecular weight is 535 g/mol. The molecule has 7 rings (SSSR count). The van der Waals surface area contributed by atoms with Crippen LogP contribution in [0.5, 0.6) is 0 Å². The molecular weight excluding hydrogens is 516 g/mol. The van der Waals surface area contributed by atoms with E-state index in [2.05, 4.69) is 17.0 Å². The van der Waals surface area contributed by atoms with Gasteiger partial charge < -0.3 is 0 Å². The maximum absolute atomic E-state index is 9.87. The zero-order valence-electron chi connectivity index (χ0n) is 22.1. The van der Waals surface area contributed by atoms with Gasteiger partial charge in [0.25, 0.3) is 0 Å². The molecule has 0 atom stereocenters. The molecule has 0 spiro atoms. The third-order valence-corrected chi connectivity index (χ3v) is 7.36. The summed E-state index contributed by atoms with van der Waals surface area (Å²) in [5, 5.41) is 22.0. The fraction of sp³-hybridized carbons (Fsp3) is 0. The molecule has 2 heterocycles. The number of rotatable bonds is 3. The standard InChI is InChI=1S/C36H18N6/c1-39-26-16-14-24(15-17-26)33-34(23-12-10-22(20-37)11-13-23)42-36-31(41-33)19-18-29-32(36)28-8-4-5-9-30(28)40-35(29)27-7-3-2-6-25(27)21-38/h2-19H. The van der Waals surface area contributed by atoms with Crippen molar-refractivity contribution in [2.75, 3.05) is 0 Å². The van der Waals surface area contributed by atoms with E-state index in [1.807, 2.05) is 78.9 Å². The molecule has 192 valence electrons. The Balaban J connectivity index is 1.61. The molecule has 0 saturated heterocycles. The summed E-state index contributed by atoms with van der Waals surface area (Å²) in [4.78, 5) is 18.9. The van der Waals surface area contributed by atoms with E-state index in [0.29, 0.717) is 44.9 Å². The van der Waals surface area contributed by atoms with Gasteiger partial charge in [0.15, 0.2) is 5.69 Å². The van der Waals surface area contributed by atoms with E-state index in [0.717, 1.165) is 38.4 Å². The number of para-hydroxylation sites is 1. The average Bonchev–Trinajstić information content (AvgIpc) is 3.07. The molecule has 0 N–H and O–H groups in total. The predicted molar refractivity (Wildman–Crippen MR) is 164 cm³/mol. The lowest BCUT2D eigenvalue weighted by Crippen LogP contribution is -1.98. The first-order valence-electron chi connectivity index (χ1n) is 13.2. The highest BCUT2D eigenvalue weighted by atomic mass is 14.8. The summed E-state index contributed by atoms with van der Waals surface area (Å²) in [7, 11) is 0. The minimum atomic E-state index is 0.544. The molecule has 0 unspecified atom stereocenters. The van der Waals surface area contributed by atoms with E-state index in [1.165, 1.54) is 0 Å². The second kappa shape index (κ2) is 9.96. The van der Waals surface area contributed by atoms with Crippen molar-refractivity contribution in [1.29, 1.82) is 10.5 Å². The summed E-state index contributed by atoms with van der Waals surface area (Å²) < 4.78 is 0. The molecule has 0 saturated carbocycles. The van der Waals surface area contributed by atoms with E-state index < -0.39 is 0 Å². The summed E-state index contributed by atoms with van der Waals surface area (Å²) in [5.74, 6) is 0. The zero-order chi connectivity index (χ0) is 28.6. The monoisotopic (exact) mass is 534 g/mol. The van der Waals surface area contributed by atoms with Crippen molar-refractivity contribution in [3.63, 3.8) is 0 Å². The number of aromatic nitrogens is 3. The van der Waals surface area contributed by atoms with Gasteiger partial charge in [0.05, 0.1) is 63.5 Å². The molecule has 0 fully saturated rings. The topological polar surface area (TPSA) is 90.6 Å². The Hall–Kier alpha value is -6.42. The number of benzene rings is 5. The normalized spacial score (nSPS) is 10.8. The van der Waals surface area contributed by atoms with Crippen LogP contribution in [-0.2, 0) is 0 Å². The summed E-state index contributed by atoms with van der Waals surface area (Å²) in [5.41, 5.74) is 8.31. The molecule has 0 aliphatic carbocycles. The number of fused-ring (bicyclic) bond motifs is 5. The van der Waals surface area contributed by atoms with Crippen molar-refractivity contribution in [2.45, 2.75) is 0 Å². The van der Waals surface area contributed by atoms with Crippen LogP contribution in [0.4, 0.5) is 5.69 Å². The molecule has 0 amide bonds. The molecule has 6 heteroatoms. The van der Waals surface area contributed by atoms with E-state index in [4.69, 9.17) is 21.5 Å². The van der Waals surface area contributed by atoms with Crippen LogP contribution in [0, 0.1) is 29.2 Å². The van der Waals surface area contributed by atoms with Gasteiger partial charge in [0, 0.05) is 27.3 Å². The third-order valence-electron chi connectivity index (χ3n) is 7.36. The first-order valence-corrected chi connectivity index (χ1v) is 13.2. The van der Waals surface area contributed by atoms with Gasteiger partial charge in [-0.3, -0.25) is 0 Å². The predicted octanol–water partition coefficient (Wildman–Crippen LogP) is 8.63. The van der Waals surface area contributed by atoms with Crippen molar-refractivity contribution in [3.8, 4) is 45.9 Å². The minimum Gasteiger partial charge on any atom is -0.247 e. The van der Waals surface area contributed by atoms with Gasteiger partial charge in [0.1, 0.15) is 0 Å². The maximum Gasteiger partial charge on any atom is 0.187 e. The molecule has 7 aromatic rings. The molecule has 6 nitrogen and oxygen atoms in total. The van der Waals surface area contributed by atoms with Crippen LogP contribution in [0.2, 0.25) is 0 Å². The highest BCUT2D eigenvalue weighted by Gasteiger charge is 2.19. The maximum atomic E-state index is 9.87. The van der Waals surface area contributed by atoms with Crippen LogP contribution in [0.15, 0.2) is 109 Å². The highest BCUT2D eigenvalue weighted by Crippen LogP contribution is 2.39. The van der Waals surface area contributed by atoms with Crippen LogP contribution >= 0.6 is 0 Å². The van der Waals surface area contributed by atoms with Gasteiger partial charge >= 0.3 is 0 Å². The Morgan fingerprint density at radius 1 is 0.571 bits per heavy atom. The number of nitrogens with zero attached hydrogens (tertiary/aromatic N) is 6. The fourth-order valence-corrected chi connectivity index (χ4v) is 5.35. The number of hydrogen-bond donors (Lipinski definition) is 0. The van der Waals surface area contributed by atoms with Gasteiger partial charge in [0.2, 0.25) is 0 Å². The number of hydrogen-bond acceptors (Lipinski definition) is 5. The Kier molecular flexibility index (Phi) is 5.83. The molecule has 0 aliphatic rings. The fourth-order valence-electron chi connectivity index (χ4n) is 5.35. The van der Waals surface area contributed by atoms with E-state index in [1.54, 1.807) is 30.3 Å². The zero-order valence-corrected chi connectivity index (χ0v) is 22.1. The number of pyridine rings is 1. The van der Waals surface area contributed by atoms with Crippen molar-refractivity contribution in [3.05, 3.63) is 132 Å². The lowest BCUT2D eigenvalue weighted by molar-refractivity contribution is 1.30. The number of nitriles is 2. The Morgan fingerprint density at radius 3 is 1.98 bits per heavy atom. The van der Waals surface area contributed by atoms with Crippen molar-refractivity contribution < 1.29 is 0 Å². The lowest BCUT2D eigenvalue weighted by Gasteiger charge is -2.15. The van der Waals surface area contributed by atoms with Crippen LogP contribution in [0.25, 0.3) is 71.3 Å². The summed E-state index contributed by atoms with van der Waals surface area (Å²) in [6.45, 7) is 7.34. The minimum absolute atomic E-state index is 0.544. The van der Waals surface area contributed by atoms with Crippen LogP contribution in [0.1, 0.15) is 11.1 Å². The lowest BCUT2D eigenvalue weighted by atomic mass is 9.96. The second-order valence-electron chi connectivity index (χ2n) is 9.76. The van der Waals surface area contributed by atoms with Gasteiger partial charge in [-0.15, -0.1) is 0 Å². The van der Waals surface area contributed by atoms with E-state index in [9.17, 15) is 10.5 Å². The van der Waals surface area contributed by atoms with Gasteiger partial charge in [-0.1, -0.05) is 72.8 Å². The highest BCUT2D eigenvalue weighted by molar-refractivity contribution is 6.21. The second-order valence-corrected chi connectivity index (χ2v) is 9.76. The van der Waals surface area contributed by atoms with E-state index in [-0.39, 0.29) is 0 Å². The quantitative estimate of drug-likeness (QED) is 0.167. The first kappa shape index (κ1) is 24.6. The molecular formula is C36H18N6. The molecule has 0 radical (unpaired) electrons. The Bertz CT molecular complexity index is 2320. The van der Waals surface area contributed by atoms with Crippen LogP contribution < -0.4 is 0 Å². The molecule has 42 heavy (non-hydrogen) atoms. The smallest absolute Gasteiger partial charge is 0.187 e. The van der Waals surface area contributed by atoms with Crippen molar-refractivity contribution in [2.24, 2.45) is 0 Å². The van der Waals surface area contributed by atoms with Crippen molar-refractivity contribution >= 4 is 38.4 Å². The molecule has 0 aliphatic heterocycles. The SMILES string of the molecule is [C-]#[N+]c1ccc(-c2nc3ccc4c(-c5ccccc5C#N)nc5ccccc5c4c3nc2-c2ccc(C#N)cc2)cc1. The molecule has 5 aromatic carbocycles. The Morgan fingerprint density at radius 2 is 1.24 bits per heavy atom. The van der Waals surface area contributed by atoms with Crippen LogP contribution in [0.3, 0.4) is 0 Å². The third kappa shape index (κ3) is 3.98. The Labute approximate surface area is 241 Å².